The van der Waals surface area contributed by atoms with Crippen LogP contribution in [0.5, 0.6) is 5.75 Å². The van der Waals surface area contributed by atoms with Crippen molar-refractivity contribution in [3.63, 3.8) is 0 Å². The Morgan fingerprint density at radius 2 is 1.90 bits per heavy atom. The van der Waals surface area contributed by atoms with Gasteiger partial charge >= 0.3 is 0 Å². The van der Waals surface area contributed by atoms with Gasteiger partial charge in [-0.1, -0.05) is 11.6 Å². The maximum atomic E-state index is 12.2. The van der Waals surface area contributed by atoms with Crippen molar-refractivity contribution in [1.82, 2.24) is 0 Å². The number of sulfonamides is 1. The number of ether oxygens (including phenoxy) is 1. The van der Waals surface area contributed by atoms with Gasteiger partial charge in [-0.2, -0.15) is 0 Å². The highest BCUT2D eigenvalue weighted by Crippen LogP contribution is 2.27. The van der Waals surface area contributed by atoms with E-state index in [1.807, 2.05) is 0 Å². The molecule has 0 aliphatic heterocycles. The third-order valence-corrected chi connectivity index (χ3v) is 5.48. The largest absolute Gasteiger partial charge is 0.497 e. The molecule has 0 atom stereocenters. The van der Waals surface area contributed by atoms with Gasteiger partial charge in [-0.25, -0.2) is 8.42 Å². The van der Waals surface area contributed by atoms with Crippen LogP contribution >= 0.6 is 11.6 Å². The van der Waals surface area contributed by atoms with E-state index in [4.69, 9.17) is 16.3 Å². The summed E-state index contributed by atoms with van der Waals surface area (Å²) in [5.41, 5.74) is 0.379. The first-order valence-corrected chi connectivity index (χ1v) is 10.7. The Balaban J connectivity index is 2.01. The van der Waals surface area contributed by atoms with Crippen LogP contribution in [0.3, 0.4) is 0 Å². The van der Waals surface area contributed by atoms with Gasteiger partial charge in [0.1, 0.15) is 5.75 Å². The summed E-state index contributed by atoms with van der Waals surface area (Å²) < 4.78 is 30.5. The van der Waals surface area contributed by atoms with Gasteiger partial charge in [0.15, 0.2) is 0 Å². The van der Waals surface area contributed by atoms with Gasteiger partial charge in [-0.05, 0) is 36.8 Å². The SMILES string of the molecule is COc1ccc(N(CCCC(=O)Nc2cc([N+](=O)[O-])ccc2Cl)S(C)(=O)=O)cc1. The zero-order chi connectivity index (χ0) is 21.6. The third kappa shape index (κ3) is 6.33. The maximum absolute atomic E-state index is 12.2. The number of hydrogen-bond donors (Lipinski definition) is 1. The quantitative estimate of drug-likeness (QED) is 0.470. The lowest BCUT2D eigenvalue weighted by Gasteiger charge is -2.22. The highest BCUT2D eigenvalue weighted by Gasteiger charge is 2.18. The number of nitro benzene ring substituents is 1. The van der Waals surface area contributed by atoms with Crippen molar-refractivity contribution in [2.75, 3.05) is 29.5 Å². The molecule has 0 spiro atoms. The molecule has 0 radical (unpaired) electrons. The lowest BCUT2D eigenvalue weighted by molar-refractivity contribution is -0.384. The number of carbonyl (C=O) groups is 1. The van der Waals surface area contributed by atoms with Gasteiger partial charge in [0, 0.05) is 25.1 Å². The number of nitro groups is 1. The lowest BCUT2D eigenvalue weighted by atomic mass is 10.2. The summed E-state index contributed by atoms with van der Waals surface area (Å²) in [4.78, 5) is 22.4. The molecule has 156 valence electrons. The fourth-order valence-electron chi connectivity index (χ4n) is 2.55. The molecule has 0 aliphatic rings. The number of hydrogen-bond acceptors (Lipinski definition) is 6. The van der Waals surface area contributed by atoms with Crippen LogP contribution in [0.25, 0.3) is 0 Å². The van der Waals surface area contributed by atoms with Crippen molar-refractivity contribution in [2.45, 2.75) is 12.8 Å². The van der Waals surface area contributed by atoms with Crippen LogP contribution in [0.15, 0.2) is 42.5 Å². The second-order valence-corrected chi connectivity index (χ2v) is 8.42. The van der Waals surface area contributed by atoms with Gasteiger partial charge in [0.2, 0.25) is 15.9 Å². The zero-order valence-electron chi connectivity index (χ0n) is 15.8. The number of non-ortho nitro benzene ring substituents is 1. The second-order valence-electron chi connectivity index (χ2n) is 6.11. The summed E-state index contributed by atoms with van der Waals surface area (Å²) in [5, 5.41) is 13.5. The molecule has 29 heavy (non-hydrogen) atoms. The molecular weight excluding hydrogens is 422 g/mol. The number of carbonyl (C=O) groups excluding carboxylic acids is 1. The first-order chi connectivity index (χ1) is 13.6. The number of rotatable bonds is 9. The number of benzene rings is 2. The molecule has 2 rings (SSSR count). The highest BCUT2D eigenvalue weighted by atomic mass is 35.5. The molecule has 0 saturated carbocycles. The molecule has 0 unspecified atom stereocenters. The van der Waals surface area contributed by atoms with E-state index in [1.165, 1.54) is 29.6 Å². The predicted molar refractivity (Wildman–Crippen MR) is 111 cm³/mol. The molecule has 0 aromatic heterocycles. The van der Waals surface area contributed by atoms with Crippen molar-refractivity contribution < 1.29 is 22.9 Å². The highest BCUT2D eigenvalue weighted by molar-refractivity contribution is 7.92. The molecule has 0 saturated heterocycles. The number of methoxy groups -OCH3 is 1. The normalized spacial score (nSPS) is 11.0. The van der Waals surface area contributed by atoms with Crippen LogP contribution in [0.4, 0.5) is 17.1 Å². The molecule has 2 aromatic rings. The van der Waals surface area contributed by atoms with Gasteiger partial charge in [0.05, 0.1) is 34.7 Å². The minimum atomic E-state index is -3.55. The van der Waals surface area contributed by atoms with E-state index in [9.17, 15) is 23.3 Å². The average Bonchev–Trinajstić information content (AvgIpc) is 2.66. The Kier molecular flexibility index (Phi) is 7.40. The van der Waals surface area contributed by atoms with Gasteiger partial charge in [0.25, 0.3) is 5.69 Å². The van der Waals surface area contributed by atoms with Crippen molar-refractivity contribution >= 4 is 44.6 Å². The molecule has 9 nitrogen and oxygen atoms in total. The lowest BCUT2D eigenvalue weighted by Crippen LogP contribution is -2.31. The zero-order valence-corrected chi connectivity index (χ0v) is 17.4. The van der Waals surface area contributed by atoms with E-state index in [-0.39, 0.29) is 35.8 Å². The smallest absolute Gasteiger partial charge is 0.271 e. The fraction of sp³-hybridized carbons (Fsp3) is 0.278. The molecule has 11 heteroatoms. The maximum Gasteiger partial charge on any atom is 0.271 e. The van der Waals surface area contributed by atoms with Crippen LogP contribution in [-0.2, 0) is 14.8 Å². The number of nitrogens with one attached hydrogen (secondary N) is 1. The van der Waals surface area contributed by atoms with Crippen LogP contribution in [0.2, 0.25) is 5.02 Å². The number of halogens is 1. The van der Waals surface area contributed by atoms with Gasteiger partial charge < -0.3 is 10.1 Å². The Labute approximate surface area is 173 Å². The van der Waals surface area contributed by atoms with Gasteiger partial charge in [-0.3, -0.25) is 19.2 Å². The van der Waals surface area contributed by atoms with Crippen LogP contribution in [0, 0.1) is 10.1 Å². The number of amides is 1. The van der Waals surface area contributed by atoms with Crippen molar-refractivity contribution in [1.29, 1.82) is 0 Å². The van der Waals surface area contributed by atoms with Crippen LogP contribution in [0.1, 0.15) is 12.8 Å². The summed E-state index contributed by atoms with van der Waals surface area (Å²) in [6.45, 7) is 0.0846. The molecule has 0 heterocycles. The summed E-state index contributed by atoms with van der Waals surface area (Å²) in [6, 6.07) is 10.2. The molecule has 1 amide bonds. The average molecular weight is 442 g/mol. The fourth-order valence-corrected chi connectivity index (χ4v) is 3.68. The Hall–Kier alpha value is -2.85. The Morgan fingerprint density at radius 3 is 2.45 bits per heavy atom. The topological polar surface area (TPSA) is 119 Å². The van der Waals surface area contributed by atoms with Crippen LogP contribution in [-0.4, -0.2) is 39.2 Å². The summed E-state index contributed by atoms with van der Waals surface area (Å²) in [6.07, 6.45) is 1.32. The second kappa shape index (κ2) is 9.57. The van der Waals surface area contributed by atoms with Gasteiger partial charge in [-0.15, -0.1) is 0 Å². The number of anilines is 2. The van der Waals surface area contributed by atoms with E-state index in [1.54, 1.807) is 24.3 Å². The Morgan fingerprint density at radius 1 is 1.24 bits per heavy atom. The monoisotopic (exact) mass is 441 g/mol. The Bertz CT molecular complexity index is 995. The molecule has 1 N–H and O–H groups in total. The molecular formula is C18H20ClN3O6S. The molecule has 0 fully saturated rings. The van der Waals surface area contributed by atoms with Crippen molar-refractivity contribution in [2.24, 2.45) is 0 Å². The molecule has 2 aromatic carbocycles. The first-order valence-electron chi connectivity index (χ1n) is 8.47. The molecule has 0 aliphatic carbocycles. The van der Waals surface area contributed by atoms with Crippen molar-refractivity contribution in [3.8, 4) is 5.75 Å². The van der Waals surface area contributed by atoms with Crippen LogP contribution < -0.4 is 14.4 Å². The first kappa shape index (κ1) is 22.4. The van der Waals surface area contributed by atoms with E-state index in [2.05, 4.69) is 5.32 Å². The summed E-state index contributed by atoms with van der Waals surface area (Å²) >= 11 is 5.96. The van der Waals surface area contributed by atoms with E-state index in [0.29, 0.717) is 11.4 Å². The minimum Gasteiger partial charge on any atom is -0.497 e. The van der Waals surface area contributed by atoms with E-state index < -0.39 is 20.9 Å². The standard InChI is InChI=1S/C18H20ClN3O6S/c1-28-15-8-5-13(6-9-15)21(29(2,26)27)11-3-4-18(23)20-17-12-14(22(24)25)7-10-16(17)19/h5-10,12H,3-4,11H2,1-2H3,(H,20,23). The predicted octanol–water partition coefficient (Wildman–Crippen LogP) is 3.44. The van der Waals surface area contributed by atoms with E-state index >= 15 is 0 Å². The third-order valence-electron chi connectivity index (χ3n) is 3.96. The van der Waals surface area contributed by atoms with E-state index in [0.717, 1.165) is 6.26 Å². The number of nitrogens with zero attached hydrogens (tertiary/aromatic N) is 2. The minimum absolute atomic E-state index is 0.00119. The summed E-state index contributed by atoms with van der Waals surface area (Å²) in [5.74, 6) is 0.158. The summed E-state index contributed by atoms with van der Waals surface area (Å²) in [7, 11) is -2.04. The molecule has 0 bridgehead atoms. The van der Waals surface area contributed by atoms with Crippen molar-refractivity contribution in [3.05, 3.63) is 57.6 Å².